The summed E-state index contributed by atoms with van der Waals surface area (Å²) in [4.78, 5) is 18.0. The van der Waals surface area contributed by atoms with Crippen molar-refractivity contribution in [1.29, 1.82) is 0 Å². The minimum atomic E-state index is -0.157. The quantitative estimate of drug-likeness (QED) is 0.371. The lowest BCUT2D eigenvalue weighted by Gasteiger charge is -2.18. The molecule has 1 atom stereocenters. The Balaban J connectivity index is 1.47. The van der Waals surface area contributed by atoms with Crippen molar-refractivity contribution in [3.63, 3.8) is 0 Å². The summed E-state index contributed by atoms with van der Waals surface area (Å²) in [5.41, 5.74) is 2.03. The molecule has 0 radical (unpaired) electrons. The molecule has 6 nitrogen and oxygen atoms in total. The van der Waals surface area contributed by atoms with E-state index in [4.69, 9.17) is 0 Å². The second-order valence-corrected chi connectivity index (χ2v) is 8.83. The monoisotopic (exact) mass is 449 g/mol. The van der Waals surface area contributed by atoms with E-state index in [1.54, 1.807) is 23.7 Å². The van der Waals surface area contributed by atoms with Gasteiger partial charge in [-0.15, -0.1) is 21.5 Å². The Hall–Kier alpha value is -2.97. The van der Waals surface area contributed by atoms with Crippen molar-refractivity contribution in [3.8, 4) is 11.4 Å². The molecule has 1 aromatic carbocycles. The number of hydrogen-bond acceptors (Lipinski definition) is 6. The molecule has 8 heteroatoms. The van der Waals surface area contributed by atoms with E-state index in [2.05, 4.69) is 38.1 Å². The highest BCUT2D eigenvalue weighted by atomic mass is 32.2. The van der Waals surface area contributed by atoms with E-state index in [-0.39, 0.29) is 17.7 Å². The van der Waals surface area contributed by atoms with Gasteiger partial charge in [-0.2, -0.15) is 0 Å². The first-order valence-electron chi connectivity index (χ1n) is 10.1. The highest BCUT2D eigenvalue weighted by Gasteiger charge is 2.19. The summed E-state index contributed by atoms with van der Waals surface area (Å²) >= 11 is 3.05. The van der Waals surface area contributed by atoms with Gasteiger partial charge in [0.2, 0.25) is 5.91 Å². The smallest absolute Gasteiger partial charge is 0.231 e. The van der Waals surface area contributed by atoms with Crippen LogP contribution in [0.15, 0.2) is 77.5 Å². The van der Waals surface area contributed by atoms with E-state index in [1.807, 2.05) is 53.9 Å². The minimum Gasteiger partial charge on any atom is -0.344 e. The maximum Gasteiger partial charge on any atom is 0.231 e. The summed E-state index contributed by atoms with van der Waals surface area (Å²) in [5, 5.41) is 14.7. The van der Waals surface area contributed by atoms with Crippen LogP contribution in [-0.4, -0.2) is 31.4 Å². The molecule has 0 fully saturated rings. The molecule has 0 aliphatic heterocycles. The van der Waals surface area contributed by atoms with Gasteiger partial charge in [0.15, 0.2) is 11.0 Å². The third kappa shape index (κ3) is 5.21. The summed E-state index contributed by atoms with van der Waals surface area (Å²) in [6.07, 6.45) is 4.44. The molecular formula is C23H23N5OS2. The Morgan fingerprint density at radius 1 is 1.10 bits per heavy atom. The molecule has 4 aromatic rings. The van der Waals surface area contributed by atoms with Crippen molar-refractivity contribution in [2.75, 3.05) is 5.75 Å². The average molecular weight is 450 g/mol. The number of nitrogens with zero attached hydrogens (tertiary/aromatic N) is 4. The first kappa shape index (κ1) is 21.3. The molecule has 0 bridgehead atoms. The van der Waals surface area contributed by atoms with Gasteiger partial charge in [-0.25, -0.2) is 0 Å². The molecular weight excluding hydrogens is 426 g/mol. The van der Waals surface area contributed by atoms with Crippen molar-refractivity contribution in [2.24, 2.45) is 0 Å². The summed E-state index contributed by atoms with van der Waals surface area (Å²) in [7, 11) is 0. The van der Waals surface area contributed by atoms with E-state index in [0.717, 1.165) is 40.0 Å². The summed E-state index contributed by atoms with van der Waals surface area (Å²) in [6, 6.07) is 17.8. The molecule has 1 unspecified atom stereocenters. The number of amides is 1. The van der Waals surface area contributed by atoms with E-state index in [1.165, 1.54) is 11.8 Å². The van der Waals surface area contributed by atoms with Gasteiger partial charge in [-0.1, -0.05) is 55.1 Å². The summed E-state index contributed by atoms with van der Waals surface area (Å²) in [6.45, 7) is 2.90. The van der Waals surface area contributed by atoms with Gasteiger partial charge < -0.3 is 9.88 Å². The molecule has 0 spiro atoms. The van der Waals surface area contributed by atoms with E-state index in [9.17, 15) is 4.79 Å². The number of benzene rings is 1. The van der Waals surface area contributed by atoms with Gasteiger partial charge >= 0.3 is 0 Å². The van der Waals surface area contributed by atoms with Crippen LogP contribution in [0.1, 0.15) is 29.8 Å². The van der Waals surface area contributed by atoms with E-state index >= 15 is 0 Å². The average Bonchev–Trinajstić information content (AvgIpc) is 3.48. The second-order valence-electron chi connectivity index (χ2n) is 6.91. The highest BCUT2D eigenvalue weighted by molar-refractivity contribution is 7.99. The Bertz CT molecular complexity index is 1100. The number of carbonyl (C=O) groups is 1. The molecule has 0 saturated heterocycles. The van der Waals surface area contributed by atoms with Crippen LogP contribution in [-0.2, 0) is 11.3 Å². The number of rotatable bonds is 9. The summed E-state index contributed by atoms with van der Waals surface area (Å²) in [5.74, 6) is 1.03. The van der Waals surface area contributed by atoms with Gasteiger partial charge in [0.05, 0.1) is 11.8 Å². The number of hydrogen-bond donors (Lipinski definition) is 1. The number of pyridine rings is 1. The molecule has 4 rings (SSSR count). The second kappa shape index (κ2) is 10.4. The van der Waals surface area contributed by atoms with Crippen molar-refractivity contribution in [3.05, 3.63) is 82.8 Å². The third-order valence-electron chi connectivity index (χ3n) is 4.70. The number of thiophene rings is 1. The molecule has 3 heterocycles. The molecule has 1 N–H and O–H groups in total. The highest BCUT2D eigenvalue weighted by Crippen LogP contribution is 2.27. The molecule has 0 aliphatic rings. The van der Waals surface area contributed by atoms with Crippen molar-refractivity contribution in [2.45, 2.75) is 31.1 Å². The van der Waals surface area contributed by atoms with Crippen molar-refractivity contribution in [1.82, 2.24) is 25.1 Å². The van der Waals surface area contributed by atoms with Crippen molar-refractivity contribution >= 4 is 29.0 Å². The Labute approximate surface area is 189 Å². The Kier molecular flexibility index (Phi) is 7.11. The molecule has 0 aliphatic carbocycles. The van der Waals surface area contributed by atoms with E-state index < -0.39 is 0 Å². The molecule has 158 valence electrons. The maximum atomic E-state index is 12.8. The number of carbonyl (C=O) groups excluding carboxylic acids is 1. The SMILES string of the molecule is CCCn1c(SCC(=O)NC(c2ccccc2)c2cccs2)nnc1-c1ccncc1. The van der Waals surface area contributed by atoms with Crippen LogP contribution >= 0.6 is 23.1 Å². The Morgan fingerprint density at radius 2 is 1.90 bits per heavy atom. The Morgan fingerprint density at radius 3 is 2.61 bits per heavy atom. The number of aromatic nitrogens is 4. The fourth-order valence-corrected chi connectivity index (χ4v) is 4.87. The topological polar surface area (TPSA) is 72.7 Å². The molecule has 3 aromatic heterocycles. The third-order valence-corrected chi connectivity index (χ3v) is 6.60. The van der Waals surface area contributed by atoms with Crippen molar-refractivity contribution < 1.29 is 4.79 Å². The largest absolute Gasteiger partial charge is 0.344 e. The van der Waals surface area contributed by atoms with Gasteiger partial charge in [0.25, 0.3) is 0 Å². The lowest BCUT2D eigenvalue weighted by atomic mass is 10.1. The summed E-state index contributed by atoms with van der Waals surface area (Å²) < 4.78 is 2.07. The van der Waals surface area contributed by atoms with E-state index in [0.29, 0.717) is 0 Å². The van der Waals surface area contributed by atoms with Crippen LogP contribution in [0.5, 0.6) is 0 Å². The zero-order valence-electron chi connectivity index (χ0n) is 17.1. The first-order chi connectivity index (χ1) is 15.3. The fourth-order valence-electron chi connectivity index (χ4n) is 3.29. The first-order valence-corrected chi connectivity index (χ1v) is 12.0. The molecule has 0 saturated carbocycles. The van der Waals surface area contributed by atoms with Crippen LogP contribution in [0.2, 0.25) is 0 Å². The van der Waals surface area contributed by atoms with Crippen LogP contribution in [0, 0.1) is 0 Å². The lowest BCUT2D eigenvalue weighted by Crippen LogP contribution is -2.30. The maximum absolute atomic E-state index is 12.8. The predicted molar refractivity (Wildman–Crippen MR) is 125 cm³/mol. The van der Waals surface area contributed by atoms with Crippen LogP contribution in [0.3, 0.4) is 0 Å². The molecule has 1 amide bonds. The minimum absolute atomic E-state index is 0.0382. The normalized spacial score (nSPS) is 11.9. The van der Waals surface area contributed by atoms with Crippen LogP contribution in [0.4, 0.5) is 0 Å². The number of thioether (sulfide) groups is 1. The predicted octanol–water partition coefficient (Wildman–Crippen LogP) is 4.81. The standard InChI is InChI=1S/C23H23N5OS2/c1-2-14-28-22(18-10-12-24-13-11-18)26-27-23(28)31-16-20(29)25-21(19-9-6-15-30-19)17-7-4-3-5-8-17/h3-13,15,21H,2,14,16H2,1H3,(H,25,29). The van der Waals surface area contributed by atoms with Gasteiger partial charge in [-0.05, 0) is 35.6 Å². The van der Waals surface area contributed by atoms with Gasteiger partial charge in [0.1, 0.15) is 0 Å². The lowest BCUT2D eigenvalue weighted by molar-refractivity contribution is -0.119. The zero-order chi connectivity index (χ0) is 21.5. The zero-order valence-corrected chi connectivity index (χ0v) is 18.8. The molecule has 31 heavy (non-hydrogen) atoms. The van der Waals surface area contributed by atoms with Crippen LogP contribution < -0.4 is 5.32 Å². The van der Waals surface area contributed by atoms with Crippen LogP contribution in [0.25, 0.3) is 11.4 Å². The van der Waals surface area contributed by atoms with Gasteiger partial charge in [-0.3, -0.25) is 9.78 Å². The fraction of sp³-hybridized carbons (Fsp3) is 0.217. The number of nitrogens with one attached hydrogen (secondary N) is 1. The van der Waals surface area contributed by atoms with Gasteiger partial charge in [0, 0.05) is 29.4 Å².